The van der Waals surface area contributed by atoms with Crippen molar-refractivity contribution in [3.63, 3.8) is 0 Å². The molecular weight excluding hydrogens is 575 g/mol. The maximum Gasteiger partial charge on any atom is 0.338 e. The summed E-state index contributed by atoms with van der Waals surface area (Å²) in [7, 11) is 0. The fraction of sp³-hybridized carbons (Fsp3) is 0.343. The highest BCUT2D eigenvalue weighted by atomic mass is 19.1. The number of hydrogen-bond acceptors (Lipinski definition) is 7. The van der Waals surface area contributed by atoms with Gasteiger partial charge in [-0.3, -0.25) is 9.78 Å². The molecule has 2 heterocycles. The maximum absolute atomic E-state index is 13.7. The van der Waals surface area contributed by atoms with E-state index in [1.807, 2.05) is 36.6 Å². The zero-order valence-corrected chi connectivity index (χ0v) is 25.9. The van der Waals surface area contributed by atoms with Gasteiger partial charge in [-0.05, 0) is 80.1 Å². The molecule has 2 aromatic heterocycles. The molecule has 0 aliphatic carbocycles. The van der Waals surface area contributed by atoms with E-state index in [1.165, 1.54) is 12.1 Å². The first-order valence-corrected chi connectivity index (χ1v) is 15.1. The van der Waals surface area contributed by atoms with Gasteiger partial charge in [-0.15, -0.1) is 0 Å². The lowest BCUT2D eigenvalue weighted by Gasteiger charge is -2.18. The minimum absolute atomic E-state index is 0.0960. The molecule has 9 nitrogen and oxygen atoms in total. The summed E-state index contributed by atoms with van der Waals surface area (Å²) in [5.74, 6) is -0.762. The number of imidazole rings is 1. The van der Waals surface area contributed by atoms with Crippen molar-refractivity contribution in [2.45, 2.75) is 71.2 Å². The van der Waals surface area contributed by atoms with E-state index < -0.39 is 18.2 Å². The lowest BCUT2D eigenvalue weighted by molar-refractivity contribution is 0.0526. The normalized spacial score (nSPS) is 12.6. The molecule has 237 valence electrons. The van der Waals surface area contributed by atoms with Crippen LogP contribution in [-0.4, -0.2) is 55.4 Å². The van der Waals surface area contributed by atoms with Crippen molar-refractivity contribution in [2.75, 3.05) is 6.61 Å². The smallest absolute Gasteiger partial charge is 0.338 e. The summed E-state index contributed by atoms with van der Waals surface area (Å²) in [6.07, 6.45) is 1.00. The molecule has 1 radical (unpaired) electrons. The molecule has 0 fully saturated rings. The van der Waals surface area contributed by atoms with Crippen LogP contribution in [0.25, 0.3) is 22.6 Å². The first-order chi connectivity index (χ1) is 21.6. The molecule has 0 spiro atoms. The Kier molecular flexibility index (Phi) is 11.6. The standard InChI is InChI=1S/C35H40FN4O5/c1-5-28(41)19-29(42)16-17-40-32(22(3)4)31(39-33(40)24-11-13-27(36)14-12-24)34(43)38-21-23-10-15-30(37-20-23)25-8-7-9-26(18-25)35(44)45-6-2/h7-15,18,20,22,28-29,41-42H,1,5-6,16-17,19,21H2,2-4H3,(H,38,43). The van der Waals surface area contributed by atoms with Crippen molar-refractivity contribution in [1.29, 1.82) is 0 Å². The molecule has 2 atom stereocenters. The second-order valence-electron chi connectivity index (χ2n) is 11.1. The number of carbonyl (C=O) groups is 2. The van der Waals surface area contributed by atoms with E-state index in [9.17, 15) is 24.2 Å². The van der Waals surface area contributed by atoms with Gasteiger partial charge in [0.2, 0.25) is 0 Å². The van der Waals surface area contributed by atoms with Crippen LogP contribution < -0.4 is 5.32 Å². The number of benzene rings is 2. The van der Waals surface area contributed by atoms with Crippen LogP contribution in [0.15, 0.2) is 66.9 Å². The van der Waals surface area contributed by atoms with Crippen molar-refractivity contribution in [1.82, 2.24) is 19.9 Å². The number of amides is 1. The molecule has 4 aromatic rings. The van der Waals surface area contributed by atoms with Gasteiger partial charge in [-0.1, -0.05) is 39.0 Å². The van der Waals surface area contributed by atoms with E-state index in [2.05, 4.69) is 17.2 Å². The number of hydrogen-bond donors (Lipinski definition) is 3. The minimum Gasteiger partial charge on any atom is -0.462 e. The van der Waals surface area contributed by atoms with Crippen LogP contribution >= 0.6 is 0 Å². The fourth-order valence-electron chi connectivity index (χ4n) is 5.08. The molecule has 0 bridgehead atoms. The number of carbonyl (C=O) groups excluding carboxylic acids is 2. The molecule has 1 amide bonds. The molecular formula is C35H40FN4O5. The van der Waals surface area contributed by atoms with E-state index >= 15 is 0 Å². The summed E-state index contributed by atoms with van der Waals surface area (Å²) in [5, 5.41) is 23.4. The number of halogens is 1. The van der Waals surface area contributed by atoms with E-state index in [0.29, 0.717) is 54.3 Å². The summed E-state index contributed by atoms with van der Waals surface area (Å²) in [6, 6.07) is 16.6. The Hall–Kier alpha value is -4.41. The van der Waals surface area contributed by atoms with Gasteiger partial charge in [-0.2, -0.15) is 0 Å². The van der Waals surface area contributed by atoms with Crippen molar-refractivity contribution in [2.24, 2.45) is 0 Å². The Morgan fingerprint density at radius 3 is 2.44 bits per heavy atom. The number of nitrogens with one attached hydrogen (secondary N) is 1. The largest absolute Gasteiger partial charge is 0.462 e. The van der Waals surface area contributed by atoms with E-state index in [1.54, 1.807) is 43.5 Å². The summed E-state index contributed by atoms with van der Waals surface area (Å²) in [5.41, 5.74) is 4.22. The fourth-order valence-corrected chi connectivity index (χ4v) is 5.08. The third kappa shape index (κ3) is 8.61. The van der Waals surface area contributed by atoms with Crippen LogP contribution in [0.5, 0.6) is 0 Å². The Bertz CT molecular complexity index is 1580. The molecule has 4 rings (SSSR count). The number of aliphatic hydroxyl groups is 2. The van der Waals surface area contributed by atoms with E-state index in [0.717, 1.165) is 11.1 Å². The molecule has 2 aromatic carbocycles. The Balaban J connectivity index is 1.55. The lowest BCUT2D eigenvalue weighted by atomic mass is 10.1. The molecule has 3 N–H and O–H groups in total. The third-order valence-corrected chi connectivity index (χ3v) is 7.38. The van der Waals surface area contributed by atoms with Crippen molar-refractivity contribution >= 4 is 11.9 Å². The van der Waals surface area contributed by atoms with Gasteiger partial charge in [0.15, 0.2) is 0 Å². The maximum atomic E-state index is 13.7. The molecule has 0 aliphatic rings. The summed E-state index contributed by atoms with van der Waals surface area (Å²) in [6.45, 7) is 10.2. The van der Waals surface area contributed by atoms with Crippen molar-refractivity contribution in [3.05, 3.63) is 102 Å². The zero-order chi connectivity index (χ0) is 32.5. The first kappa shape index (κ1) is 33.5. The Labute approximate surface area is 263 Å². The van der Waals surface area contributed by atoms with Crippen LogP contribution in [0.1, 0.15) is 78.1 Å². The summed E-state index contributed by atoms with van der Waals surface area (Å²) < 4.78 is 20.7. The van der Waals surface area contributed by atoms with Crippen LogP contribution in [-0.2, 0) is 17.8 Å². The lowest BCUT2D eigenvalue weighted by Crippen LogP contribution is -2.25. The number of nitrogens with zero attached hydrogens (tertiary/aromatic N) is 3. The zero-order valence-electron chi connectivity index (χ0n) is 25.9. The van der Waals surface area contributed by atoms with Crippen molar-refractivity contribution < 1.29 is 28.9 Å². The van der Waals surface area contributed by atoms with Gasteiger partial charge in [0, 0.05) is 30.4 Å². The second kappa shape index (κ2) is 15.5. The monoisotopic (exact) mass is 615 g/mol. The number of ether oxygens (including phenoxy) is 1. The molecule has 2 unspecified atom stereocenters. The third-order valence-electron chi connectivity index (χ3n) is 7.38. The minimum atomic E-state index is -0.773. The van der Waals surface area contributed by atoms with Crippen LogP contribution in [0, 0.1) is 12.7 Å². The highest BCUT2D eigenvalue weighted by Crippen LogP contribution is 2.29. The molecule has 0 aliphatic heterocycles. The molecule has 0 saturated carbocycles. The highest BCUT2D eigenvalue weighted by molar-refractivity contribution is 5.94. The molecule has 0 saturated heterocycles. The van der Waals surface area contributed by atoms with Gasteiger partial charge >= 0.3 is 5.97 Å². The summed E-state index contributed by atoms with van der Waals surface area (Å²) in [4.78, 5) is 34.9. The number of pyridine rings is 1. The highest BCUT2D eigenvalue weighted by Gasteiger charge is 2.26. The SMILES string of the molecule is [CH2]CC(O)CC(O)CCn1c(-c2ccc(F)cc2)nc(C(=O)NCc2ccc(-c3cccc(C(=O)OCC)c3)nc2)c1C(C)C. The number of aliphatic hydroxyl groups excluding tert-OH is 2. The van der Waals surface area contributed by atoms with Crippen LogP contribution in [0.4, 0.5) is 4.39 Å². The van der Waals surface area contributed by atoms with Gasteiger partial charge in [0.05, 0.1) is 35.8 Å². The Morgan fingerprint density at radius 1 is 1.04 bits per heavy atom. The van der Waals surface area contributed by atoms with Crippen LogP contribution in [0.2, 0.25) is 0 Å². The average Bonchev–Trinajstić information content (AvgIpc) is 3.43. The number of esters is 1. The van der Waals surface area contributed by atoms with Gasteiger partial charge < -0.3 is 24.8 Å². The predicted molar refractivity (Wildman–Crippen MR) is 170 cm³/mol. The predicted octanol–water partition coefficient (Wildman–Crippen LogP) is 5.71. The van der Waals surface area contributed by atoms with E-state index in [-0.39, 0.29) is 36.3 Å². The second-order valence-corrected chi connectivity index (χ2v) is 11.1. The van der Waals surface area contributed by atoms with E-state index in [4.69, 9.17) is 9.72 Å². The van der Waals surface area contributed by atoms with Gasteiger partial charge in [0.25, 0.3) is 5.91 Å². The van der Waals surface area contributed by atoms with Gasteiger partial charge in [-0.25, -0.2) is 14.2 Å². The van der Waals surface area contributed by atoms with Crippen molar-refractivity contribution in [3.8, 4) is 22.6 Å². The molecule has 10 heteroatoms. The number of aromatic nitrogens is 3. The molecule has 45 heavy (non-hydrogen) atoms. The average molecular weight is 616 g/mol. The first-order valence-electron chi connectivity index (χ1n) is 15.1. The topological polar surface area (TPSA) is 127 Å². The Morgan fingerprint density at radius 2 is 1.80 bits per heavy atom. The van der Waals surface area contributed by atoms with Crippen LogP contribution in [0.3, 0.4) is 0 Å². The number of rotatable bonds is 14. The quantitative estimate of drug-likeness (QED) is 0.155. The summed E-state index contributed by atoms with van der Waals surface area (Å²) >= 11 is 0. The van der Waals surface area contributed by atoms with Gasteiger partial charge in [0.1, 0.15) is 17.3 Å².